The Balaban J connectivity index is 1.58. The second-order valence-corrected chi connectivity index (χ2v) is 17.1. The summed E-state index contributed by atoms with van der Waals surface area (Å²) in [5.74, 6) is 0. The summed E-state index contributed by atoms with van der Waals surface area (Å²) in [4.78, 5) is 3.72. The summed E-state index contributed by atoms with van der Waals surface area (Å²) < 4.78 is 32.6. The third-order valence-electron chi connectivity index (χ3n) is 8.97. The van der Waals surface area contributed by atoms with Gasteiger partial charge < -0.3 is 14.1 Å². The average Bonchev–Trinajstić information content (AvgIpc) is 3.54. The van der Waals surface area contributed by atoms with Gasteiger partial charge in [-0.05, 0) is 23.3 Å². The van der Waals surface area contributed by atoms with E-state index in [2.05, 4.69) is 35.3 Å². The molecule has 0 bridgehead atoms. The van der Waals surface area contributed by atoms with Crippen LogP contribution in [0.4, 0.5) is 0 Å². The van der Waals surface area contributed by atoms with Crippen LogP contribution in [0.3, 0.4) is 0 Å². The van der Waals surface area contributed by atoms with Gasteiger partial charge in [-0.3, -0.25) is 0 Å². The molecular weight excluding hydrogens is 612 g/mol. The van der Waals surface area contributed by atoms with Gasteiger partial charge in [-0.1, -0.05) is 170 Å². The first-order valence-electron chi connectivity index (χ1n) is 15.7. The largest absolute Gasteiger partial charge is 0.354 e. The third-order valence-corrected chi connectivity index (χ3v) is 15.4. The predicted molar refractivity (Wildman–Crippen MR) is 200 cm³/mol. The van der Waals surface area contributed by atoms with Crippen LogP contribution in [0.5, 0.6) is 0 Å². The highest BCUT2D eigenvalue weighted by atomic mass is 31.2. The highest BCUT2D eigenvalue weighted by molar-refractivity contribution is 7.91. The van der Waals surface area contributed by atoms with Crippen LogP contribution in [-0.2, 0) is 9.13 Å². The molecule has 1 heterocycles. The Morgan fingerprint density at radius 1 is 0.404 bits per heavy atom. The minimum Gasteiger partial charge on any atom is -0.354 e. The van der Waals surface area contributed by atoms with Gasteiger partial charge in [0.2, 0.25) is 0 Å². The number of rotatable bonds is 7. The summed E-state index contributed by atoms with van der Waals surface area (Å²) >= 11 is 0. The van der Waals surface area contributed by atoms with Gasteiger partial charge >= 0.3 is 0 Å². The molecule has 3 nitrogen and oxygen atoms in total. The molecule has 8 aromatic rings. The number of hydrogen-bond donors (Lipinski definition) is 1. The van der Waals surface area contributed by atoms with Crippen LogP contribution in [0.25, 0.3) is 32.9 Å². The van der Waals surface area contributed by atoms with Crippen LogP contribution in [0.2, 0.25) is 0 Å². The minimum absolute atomic E-state index is 0.575. The third kappa shape index (κ3) is 4.74. The van der Waals surface area contributed by atoms with E-state index in [0.29, 0.717) is 31.8 Å². The van der Waals surface area contributed by atoms with Gasteiger partial charge in [-0.15, -0.1) is 0 Å². The summed E-state index contributed by atoms with van der Waals surface area (Å²) in [5.41, 5.74) is 3.85. The number of hydrogen-bond acceptors (Lipinski definition) is 2. The standard InChI is InChI=1S/C42H31NO2P2/c44-46(32-19-8-2-9-20-32,33-21-10-3-11-22-33)39-30-29-37-40-36(31-17-6-1-7-18-31)27-16-28-38(40)43-41(37)42(39)47(45,34-23-12-4-13-24-34)35-25-14-5-15-26-35/h1-30,43H. The van der Waals surface area contributed by atoms with E-state index in [1.807, 2.05) is 152 Å². The molecule has 1 aromatic heterocycles. The maximum Gasteiger partial charge on any atom is 0.173 e. The highest BCUT2D eigenvalue weighted by Crippen LogP contribution is 2.51. The van der Waals surface area contributed by atoms with Crippen LogP contribution in [0.15, 0.2) is 182 Å². The summed E-state index contributed by atoms with van der Waals surface area (Å²) in [6, 6.07) is 59.2. The molecule has 0 unspecified atom stereocenters. The van der Waals surface area contributed by atoms with Crippen molar-refractivity contribution in [1.82, 2.24) is 4.98 Å². The molecule has 0 saturated carbocycles. The van der Waals surface area contributed by atoms with Crippen LogP contribution >= 0.6 is 14.3 Å². The van der Waals surface area contributed by atoms with Gasteiger partial charge in [0.15, 0.2) is 14.3 Å². The molecule has 5 heteroatoms. The fraction of sp³-hybridized carbons (Fsp3) is 0. The Morgan fingerprint density at radius 2 is 0.851 bits per heavy atom. The number of benzene rings is 7. The van der Waals surface area contributed by atoms with E-state index in [0.717, 1.165) is 32.9 Å². The molecule has 0 aliphatic carbocycles. The fourth-order valence-corrected chi connectivity index (χ4v) is 13.3. The molecule has 0 atom stereocenters. The molecule has 0 saturated heterocycles. The lowest BCUT2D eigenvalue weighted by atomic mass is 9.99. The number of nitrogens with one attached hydrogen (secondary N) is 1. The average molecular weight is 644 g/mol. The van der Waals surface area contributed by atoms with Gasteiger partial charge in [-0.2, -0.15) is 0 Å². The van der Waals surface area contributed by atoms with Crippen molar-refractivity contribution in [2.24, 2.45) is 0 Å². The van der Waals surface area contributed by atoms with E-state index < -0.39 is 14.3 Å². The van der Waals surface area contributed by atoms with Gasteiger partial charge in [0.25, 0.3) is 0 Å². The van der Waals surface area contributed by atoms with Crippen molar-refractivity contribution >= 4 is 67.9 Å². The van der Waals surface area contributed by atoms with Gasteiger partial charge in [0.1, 0.15) is 0 Å². The molecule has 0 amide bonds. The second kappa shape index (κ2) is 11.9. The van der Waals surface area contributed by atoms with Crippen LogP contribution in [-0.4, -0.2) is 4.98 Å². The quantitative estimate of drug-likeness (QED) is 0.178. The molecule has 226 valence electrons. The Morgan fingerprint density at radius 3 is 1.34 bits per heavy atom. The molecule has 8 rings (SSSR count). The maximum atomic E-state index is 16.5. The van der Waals surface area contributed by atoms with Crippen molar-refractivity contribution in [3.8, 4) is 11.1 Å². The van der Waals surface area contributed by atoms with Crippen molar-refractivity contribution in [2.75, 3.05) is 0 Å². The van der Waals surface area contributed by atoms with Crippen LogP contribution in [0, 0.1) is 0 Å². The van der Waals surface area contributed by atoms with Crippen molar-refractivity contribution in [1.29, 1.82) is 0 Å². The zero-order valence-corrected chi connectivity index (χ0v) is 27.3. The molecule has 0 aliphatic rings. The lowest BCUT2D eigenvalue weighted by Gasteiger charge is -2.28. The van der Waals surface area contributed by atoms with Gasteiger partial charge in [0.05, 0.1) is 10.8 Å². The lowest BCUT2D eigenvalue weighted by Crippen LogP contribution is -2.39. The highest BCUT2D eigenvalue weighted by Gasteiger charge is 2.41. The van der Waals surface area contributed by atoms with Gasteiger partial charge in [-0.25, -0.2) is 0 Å². The molecule has 47 heavy (non-hydrogen) atoms. The van der Waals surface area contributed by atoms with Gasteiger partial charge in [0, 0.05) is 42.8 Å². The van der Waals surface area contributed by atoms with Crippen molar-refractivity contribution in [3.63, 3.8) is 0 Å². The van der Waals surface area contributed by atoms with E-state index in [1.165, 1.54) is 0 Å². The topological polar surface area (TPSA) is 49.9 Å². The summed E-state index contributed by atoms with van der Waals surface area (Å²) in [7, 11) is -7.20. The summed E-state index contributed by atoms with van der Waals surface area (Å²) in [5, 5.41) is 5.91. The van der Waals surface area contributed by atoms with E-state index in [4.69, 9.17) is 0 Å². The molecule has 0 spiro atoms. The number of aromatic nitrogens is 1. The van der Waals surface area contributed by atoms with E-state index in [9.17, 15) is 0 Å². The predicted octanol–water partition coefficient (Wildman–Crippen LogP) is 8.27. The zero-order chi connectivity index (χ0) is 31.8. The first kappa shape index (κ1) is 29.2. The fourth-order valence-electron chi connectivity index (χ4n) is 6.81. The number of H-pyrrole nitrogens is 1. The first-order chi connectivity index (χ1) is 23.1. The Bertz CT molecular complexity index is 2350. The first-order valence-corrected chi connectivity index (χ1v) is 19.1. The van der Waals surface area contributed by atoms with Crippen molar-refractivity contribution < 1.29 is 9.13 Å². The number of fused-ring (bicyclic) bond motifs is 3. The maximum absolute atomic E-state index is 16.5. The minimum atomic E-state index is -3.64. The smallest absolute Gasteiger partial charge is 0.173 e. The molecular formula is C42H31NO2P2. The SMILES string of the molecule is O=P(c1ccccc1)(c1ccccc1)c1ccc2c([nH]c3cccc(-c4ccccc4)c32)c1P(=O)(c1ccccc1)c1ccccc1. The lowest BCUT2D eigenvalue weighted by molar-refractivity contribution is 0.590. The Labute approximate surface area is 274 Å². The summed E-state index contributed by atoms with van der Waals surface area (Å²) in [6.07, 6.45) is 0. The second-order valence-electron chi connectivity index (χ2n) is 11.6. The van der Waals surface area contributed by atoms with E-state index in [1.54, 1.807) is 0 Å². The normalized spacial score (nSPS) is 12.0. The van der Waals surface area contributed by atoms with Crippen LogP contribution in [0.1, 0.15) is 0 Å². The van der Waals surface area contributed by atoms with Crippen molar-refractivity contribution in [3.05, 3.63) is 182 Å². The monoisotopic (exact) mass is 643 g/mol. The van der Waals surface area contributed by atoms with Crippen LogP contribution < -0.4 is 31.8 Å². The Hall–Kier alpha value is -5.20. The molecule has 0 aliphatic heterocycles. The van der Waals surface area contributed by atoms with E-state index >= 15 is 9.13 Å². The Kier molecular flexibility index (Phi) is 7.38. The number of aromatic amines is 1. The molecule has 1 N–H and O–H groups in total. The van der Waals surface area contributed by atoms with Crippen molar-refractivity contribution in [2.45, 2.75) is 0 Å². The zero-order valence-electron chi connectivity index (χ0n) is 25.5. The molecule has 0 radical (unpaired) electrons. The van der Waals surface area contributed by atoms with E-state index in [-0.39, 0.29) is 0 Å². The molecule has 0 fully saturated rings. The summed E-state index contributed by atoms with van der Waals surface area (Å²) in [6.45, 7) is 0. The molecule has 7 aromatic carbocycles.